The maximum absolute atomic E-state index is 13.9. The number of aromatic nitrogens is 10. The smallest absolute Gasteiger partial charge is 0.272 e. The van der Waals surface area contributed by atoms with E-state index in [2.05, 4.69) is 67.3 Å². The molecule has 0 radical (unpaired) electrons. The Morgan fingerprint density at radius 3 is 0.928 bits per heavy atom. The number of nitrogens with one attached hydrogen (secondary N) is 7. The van der Waals surface area contributed by atoms with Crippen molar-refractivity contribution in [1.82, 2.24) is 85.6 Å². The summed E-state index contributed by atoms with van der Waals surface area (Å²) in [6, 6.07) is 11.9. The van der Waals surface area contributed by atoms with Crippen molar-refractivity contribution in [3.63, 3.8) is 0 Å². The highest BCUT2D eigenvalue weighted by atomic mass is 19.2. The van der Waals surface area contributed by atoms with E-state index in [-0.39, 0.29) is 58.5 Å². The van der Waals surface area contributed by atoms with Crippen LogP contribution in [0.5, 0.6) is 0 Å². The van der Waals surface area contributed by atoms with E-state index in [0.717, 1.165) is 136 Å². The van der Waals surface area contributed by atoms with Crippen LogP contribution in [-0.4, -0.2) is 125 Å². The lowest BCUT2D eigenvalue weighted by molar-refractivity contribution is -0.127. The number of fused-ring (bicyclic) bond motifs is 4. The Labute approximate surface area is 723 Å². The van der Waals surface area contributed by atoms with Gasteiger partial charge in [-0.1, -0.05) is 88.2 Å². The average Bonchev–Trinajstić information content (AvgIpc) is 1.64. The van der Waals surface area contributed by atoms with Crippen molar-refractivity contribution >= 4 is 41.4 Å². The Kier molecular flexibility index (Phi) is 28.8. The van der Waals surface area contributed by atoms with E-state index in [1.807, 2.05) is 136 Å². The number of benzene rings is 4. The largest absolute Gasteiger partial charge is 0.352 e. The maximum Gasteiger partial charge on any atom is 0.272 e. The van der Waals surface area contributed by atoms with Gasteiger partial charge in [-0.05, 0) is 226 Å². The van der Waals surface area contributed by atoms with Crippen molar-refractivity contribution < 1.29 is 73.2 Å². The minimum absolute atomic E-state index is 0.0606. The van der Waals surface area contributed by atoms with Crippen LogP contribution in [0.15, 0.2) is 77.3 Å². The molecule has 4 aromatic carbocycles. The molecule has 7 amide bonds. The van der Waals surface area contributed by atoms with Gasteiger partial charge in [0.1, 0.15) is 70.2 Å². The van der Waals surface area contributed by atoms with Crippen molar-refractivity contribution in [3.8, 4) is 45.6 Å². The summed E-state index contributed by atoms with van der Waals surface area (Å²) >= 11 is 0. The van der Waals surface area contributed by atoms with Gasteiger partial charge in [-0.25, -0.2) is 55.1 Å². The maximum atomic E-state index is 13.9. The molecule has 1 fully saturated rings. The number of amides is 7. The van der Waals surface area contributed by atoms with Crippen molar-refractivity contribution in [1.29, 1.82) is 0 Å². The van der Waals surface area contributed by atoms with E-state index >= 15 is 0 Å². The predicted molar refractivity (Wildman–Crippen MR) is 455 cm³/mol. The highest BCUT2D eigenvalue weighted by Gasteiger charge is 2.42. The first kappa shape index (κ1) is 94.3. The second kappa shape index (κ2) is 38.2. The first-order chi connectivity index (χ1) is 58.6. The lowest BCUT2D eigenvalue weighted by Gasteiger charge is -2.33. The average molecular weight is 1740 g/mol. The SMILES string of the molecule is CC(C)(C)NC(=O)[C@@H](NC(=O)c1nc(-c2ccc(F)c(F)c2)n2c1CCCC2)C(C)(C)C.CC(C)(C)[C@H](NC(=O)c1nc(-c2ccc(F)c(F)c2)n2c1CCCC2)C(=O)NC1CC1.CC(C)NC(=O)[C@@H](NC(=O)c1nc(-c2ccc(F)c(F)c2)n2c1CCCC2)C(C)(C)C.Cc1noc([C@@H](NC(=O)c2nc(-c3ccc(F)c(F)c3)n3c2CCCC3)C(C)(C)C)n1. The number of aryl methyl sites for hydroxylation is 1. The molecule has 4 atom stereocenters. The number of halogens is 8. The molecule has 9 aromatic rings. The van der Waals surface area contributed by atoms with Gasteiger partial charge in [0.05, 0.1) is 22.8 Å². The minimum Gasteiger partial charge on any atom is -0.352 e. The number of carbonyl (C=O) groups excluding carboxylic acids is 7. The summed E-state index contributed by atoms with van der Waals surface area (Å²) in [5, 5.41) is 24.2. The molecule has 4 aliphatic heterocycles. The van der Waals surface area contributed by atoms with Crippen LogP contribution >= 0.6 is 0 Å². The van der Waals surface area contributed by atoms with Crippen LogP contribution < -0.4 is 37.2 Å². The van der Waals surface area contributed by atoms with Crippen LogP contribution in [0.3, 0.4) is 0 Å². The Morgan fingerprint density at radius 1 is 0.376 bits per heavy atom. The molecule has 125 heavy (non-hydrogen) atoms. The van der Waals surface area contributed by atoms with E-state index in [1.54, 1.807) is 6.92 Å². The first-order valence-electron chi connectivity index (χ1n) is 42.7. The van der Waals surface area contributed by atoms with Gasteiger partial charge in [0.15, 0.2) is 52.4 Å². The summed E-state index contributed by atoms with van der Waals surface area (Å²) in [7, 11) is 0. The summed E-state index contributed by atoms with van der Waals surface area (Å²) in [5.74, 6) is -7.41. The van der Waals surface area contributed by atoms with Crippen molar-refractivity contribution in [2.75, 3.05) is 0 Å². The third kappa shape index (κ3) is 22.8. The molecule has 25 nitrogen and oxygen atoms in total. The summed E-state index contributed by atoms with van der Waals surface area (Å²) in [6.45, 7) is 36.6. The fourth-order valence-corrected chi connectivity index (χ4v) is 15.5. The number of hydrogen-bond donors (Lipinski definition) is 7. The van der Waals surface area contributed by atoms with Gasteiger partial charge in [0.25, 0.3) is 23.6 Å². The van der Waals surface area contributed by atoms with Gasteiger partial charge < -0.3 is 60.0 Å². The van der Waals surface area contributed by atoms with E-state index in [1.165, 1.54) is 24.3 Å². The normalized spacial score (nSPS) is 15.5. The van der Waals surface area contributed by atoms with E-state index in [4.69, 9.17) is 4.52 Å². The number of nitrogens with zero attached hydrogens (tertiary/aromatic N) is 10. The molecule has 1 aliphatic carbocycles. The van der Waals surface area contributed by atoms with E-state index in [9.17, 15) is 68.7 Å². The zero-order valence-electron chi connectivity index (χ0n) is 74.4. The summed E-state index contributed by atoms with van der Waals surface area (Å²) in [6.07, 6.45) is 11.8. The van der Waals surface area contributed by atoms with Gasteiger partial charge in [0, 0.05) is 66.1 Å². The lowest BCUT2D eigenvalue weighted by atomic mass is 9.85. The number of imidazole rings is 4. The Morgan fingerprint density at radius 2 is 0.672 bits per heavy atom. The highest BCUT2D eigenvalue weighted by Crippen LogP contribution is 2.38. The second-order valence-electron chi connectivity index (χ2n) is 38.3. The Hall–Kier alpha value is -11.4. The predicted octanol–water partition coefficient (Wildman–Crippen LogP) is 16.0. The summed E-state index contributed by atoms with van der Waals surface area (Å²) < 4.78 is 122. The molecule has 672 valence electrons. The van der Waals surface area contributed by atoms with Gasteiger partial charge in [-0.15, -0.1) is 0 Å². The standard InChI is InChI=1S/C24H32F2N4O2.C23H28F2N4O2.C23H30F2N4O2.C22H25F2N5O2/c1-23(2,3)19(22(32)29-24(4,5)6)28-21(31)18-17-9-7-8-12-30(17)20(27-18)14-10-11-15(25)16(26)13-14;1-23(2,3)19(22(31)26-14-8-9-14)28-21(30)18-17-6-4-5-11-29(17)20(27-18)13-7-10-15(24)16(25)12-13;1-13(2)26-22(31)19(23(3,4)5)28-21(30)18-17-8-6-7-11-29(17)20(27-18)14-9-10-15(24)16(25)12-14;1-12-25-21(31-28-12)18(22(2,3)4)27-20(30)17-16-7-5-6-10-29(16)19(26-17)13-8-9-14(23)15(24)11-13/h10-11,13,19H,7-9,12H2,1-6H3,(H,28,31)(H,29,32);7,10,12,14,19H,4-6,8-9,11H2,1-3H3,(H,26,31)(H,28,30);9-10,12-13,19H,6-8,11H2,1-5H3,(H,26,31)(H,28,30);8-9,11,18H,5-7,10H2,1-4H3,(H,27,30)/t3*19-;18-/m1111/s1. The molecule has 5 aliphatic rings. The van der Waals surface area contributed by atoms with E-state index < -0.39 is 116 Å². The molecule has 14 rings (SSSR count). The number of carbonyl (C=O) groups is 7. The monoisotopic (exact) mass is 1740 g/mol. The van der Waals surface area contributed by atoms with Gasteiger partial charge in [-0.2, -0.15) is 4.98 Å². The molecule has 0 bridgehead atoms. The fourth-order valence-electron chi connectivity index (χ4n) is 15.5. The minimum atomic E-state index is -0.965. The van der Waals surface area contributed by atoms with Gasteiger partial charge in [0.2, 0.25) is 23.6 Å². The third-order valence-corrected chi connectivity index (χ3v) is 22.0. The van der Waals surface area contributed by atoms with Crippen molar-refractivity contribution in [2.24, 2.45) is 21.7 Å². The molecule has 0 spiro atoms. The van der Waals surface area contributed by atoms with Gasteiger partial charge >= 0.3 is 0 Å². The zero-order chi connectivity index (χ0) is 91.4. The van der Waals surface area contributed by atoms with Crippen LogP contribution in [0, 0.1) is 75.1 Å². The summed E-state index contributed by atoms with van der Waals surface area (Å²) in [5.41, 5.74) is 3.31. The fraction of sp³-hybridized carbons (Fsp3) is 0.511. The van der Waals surface area contributed by atoms with Crippen LogP contribution in [-0.2, 0) is 66.2 Å². The molecule has 9 heterocycles. The van der Waals surface area contributed by atoms with Crippen molar-refractivity contribution in [3.05, 3.63) is 177 Å². The Bertz CT molecular complexity index is 5360. The second-order valence-corrected chi connectivity index (χ2v) is 38.3. The molecular formula is C92H115F8N17O8. The van der Waals surface area contributed by atoms with Crippen molar-refractivity contribution in [2.45, 2.75) is 282 Å². The highest BCUT2D eigenvalue weighted by molar-refractivity contribution is 6.00. The van der Waals surface area contributed by atoms with Gasteiger partial charge in [-0.3, -0.25) is 33.6 Å². The molecule has 0 saturated heterocycles. The third-order valence-electron chi connectivity index (χ3n) is 22.0. The zero-order valence-corrected chi connectivity index (χ0v) is 74.4. The van der Waals surface area contributed by atoms with Crippen LogP contribution in [0.4, 0.5) is 35.1 Å². The number of hydrogen-bond acceptors (Lipinski definition) is 14. The molecular weight excluding hydrogens is 1620 g/mol. The lowest BCUT2D eigenvalue weighted by Crippen LogP contribution is -2.57. The summed E-state index contributed by atoms with van der Waals surface area (Å²) in [4.78, 5) is 114. The molecule has 5 aromatic heterocycles. The van der Waals surface area contributed by atoms with Crippen LogP contribution in [0.1, 0.15) is 264 Å². The molecule has 7 N–H and O–H groups in total. The van der Waals surface area contributed by atoms with E-state index in [0.29, 0.717) is 109 Å². The van der Waals surface area contributed by atoms with Crippen LogP contribution in [0.2, 0.25) is 0 Å². The quantitative estimate of drug-likeness (QED) is 0.0393. The molecule has 0 unspecified atom stereocenters. The number of rotatable bonds is 18. The van der Waals surface area contributed by atoms with Crippen LogP contribution in [0.25, 0.3) is 45.6 Å². The molecule has 1 saturated carbocycles. The topological polar surface area (TPSA) is 314 Å². The molecule has 33 heteroatoms. The first-order valence-corrected chi connectivity index (χ1v) is 42.7. The Balaban J connectivity index is 0.000000162.